The van der Waals surface area contributed by atoms with Gasteiger partial charge in [0.05, 0.1) is 23.0 Å². The van der Waals surface area contributed by atoms with Gasteiger partial charge in [0.15, 0.2) is 0 Å². The van der Waals surface area contributed by atoms with E-state index in [1.165, 1.54) is 23.0 Å². The second-order valence-electron chi connectivity index (χ2n) is 3.88. The first-order valence-electron chi connectivity index (χ1n) is 5.31. The Hall–Kier alpha value is -2.90. The molecule has 8 heteroatoms. The summed E-state index contributed by atoms with van der Waals surface area (Å²) in [5.41, 5.74) is 5.94. The second-order valence-corrected chi connectivity index (χ2v) is 3.88. The number of nitrogens with two attached hydrogens (primary N) is 1. The van der Waals surface area contributed by atoms with Crippen LogP contribution in [0.3, 0.4) is 0 Å². The predicted octanol–water partition coefficient (Wildman–Crippen LogP) is 1.16. The molecule has 3 N–H and O–H groups in total. The maximum absolute atomic E-state index is 11.9. The van der Waals surface area contributed by atoms with Crippen LogP contribution in [-0.4, -0.2) is 20.4 Å². The number of nitro groups is 1. The van der Waals surface area contributed by atoms with Gasteiger partial charge in [-0.3, -0.25) is 14.9 Å². The minimum atomic E-state index is -0.554. The first-order chi connectivity index (χ1) is 8.97. The van der Waals surface area contributed by atoms with Crippen LogP contribution in [0.2, 0.25) is 0 Å². The van der Waals surface area contributed by atoms with E-state index in [0.29, 0.717) is 11.5 Å². The first kappa shape index (κ1) is 12.6. The predicted molar refractivity (Wildman–Crippen MR) is 68.7 cm³/mol. The third kappa shape index (κ3) is 2.68. The highest BCUT2D eigenvalue weighted by atomic mass is 16.6. The van der Waals surface area contributed by atoms with Crippen molar-refractivity contribution in [3.8, 4) is 0 Å². The Bertz CT molecular complexity index is 632. The molecular formula is C11H11N5O3. The Morgan fingerprint density at radius 1 is 1.53 bits per heavy atom. The number of nitrogens with one attached hydrogen (secondary N) is 1. The average molecular weight is 261 g/mol. The number of amides is 1. The molecule has 0 spiro atoms. The van der Waals surface area contributed by atoms with E-state index >= 15 is 0 Å². The molecule has 2 aromatic heterocycles. The van der Waals surface area contributed by atoms with Crippen molar-refractivity contribution < 1.29 is 9.72 Å². The van der Waals surface area contributed by atoms with Crippen LogP contribution in [0, 0.1) is 10.1 Å². The van der Waals surface area contributed by atoms with E-state index in [4.69, 9.17) is 5.73 Å². The molecule has 0 aliphatic rings. The number of nitrogen functional groups attached to an aromatic ring is 1. The molecule has 98 valence electrons. The lowest BCUT2D eigenvalue weighted by atomic mass is 10.3. The van der Waals surface area contributed by atoms with Crippen LogP contribution in [0.15, 0.2) is 30.6 Å². The fraction of sp³-hybridized carbons (Fsp3) is 0.0909. The van der Waals surface area contributed by atoms with E-state index in [2.05, 4.69) is 10.3 Å². The lowest BCUT2D eigenvalue weighted by molar-refractivity contribution is -0.384. The summed E-state index contributed by atoms with van der Waals surface area (Å²) in [4.78, 5) is 25.8. The SMILES string of the molecule is Cn1cc([N+](=O)[O-])cc1C(=O)Nc1ccc(N)nc1. The molecule has 2 heterocycles. The van der Waals surface area contributed by atoms with Crippen molar-refractivity contribution in [2.75, 3.05) is 11.1 Å². The van der Waals surface area contributed by atoms with Crippen LogP contribution in [0.1, 0.15) is 10.5 Å². The molecule has 0 aliphatic heterocycles. The number of carbonyl (C=O) groups excluding carboxylic acids is 1. The number of pyridine rings is 1. The molecule has 0 radical (unpaired) electrons. The summed E-state index contributed by atoms with van der Waals surface area (Å²) in [5.74, 6) is -0.116. The minimum Gasteiger partial charge on any atom is -0.384 e. The molecule has 0 fully saturated rings. The molecule has 0 bridgehead atoms. The van der Waals surface area contributed by atoms with Gasteiger partial charge < -0.3 is 15.6 Å². The monoisotopic (exact) mass is 261 g/mol. The van der Waals surface area contributed by atoms with E-state index in [1.807, 2.05) is 0 Å². The van der Waals surface area contributed by atoms with Crippen LogP contribution in [-0.2, 0) is 7.05 Å². The molecule has 0 aliphatic carbocycles. The summed E-state index contributed by atoms with van der Waals surface area (Å²) in [7, 11) is 1.56. The lowest BCUT2D eigenvalue weighted by Crippen LogP contribution is -2.15. The summed E-state index contributed by atoms with van der Waals surface area (Å²) < 4.78 is 1.39. The lowest BCUT2D eigenvalue weighted by Gasteiger charge is -2.05. The number of hydrogen-bond donors (Lipinski definition) is 2. The van der Waals surface area contributed by atoms with Crippen molar-refractivity contribution in [3.05, 3.63) is 46.4 Å². The number of anilines is 2. The van der Waals surface area contributed by atoms with Crippen molar-refractivity contribution in [2.24, 2.45) is 7.05 Å². The van der Waals surface area contributed by atoms with Crippen LogP contribution < -0.4 is 11.1 Å². The largest absolute Gasteiger partial charge is 0.384 e. The van der Waals surface area contributed by atoms with Gasteiger partial charge >= 0.3 is 0 Å². The average Bonchev–Trinajstić information content (AvgIpc) is 2.74. The highest BCUT2D eigenvalue weighted by molar-refractivity contribution is 6.03. The molecule has 8 nitrogen and oxygen atoms in total. The Kier molecular flexibility index (Phi) is 3.15. The molecule has 2 rings (SSSR count). The van der Waals surface area contributed by atoms with Crippen LogP contribution in [0.4, 0.5) is 17.2 Å². The molecule has 0 saturated carbocycles. The Labute approximate surface area is 108 Å². The van der Waals surface area contributed by atoms with Crippen LogP contribution in [0.5, 0.6) is 0 Å². The van der Waals surface area contributed by atoms with E-state index in [-0.39, 0.29) is 11.4 Å². The van der Waals surface area contributed by atoms with Gasteiger partial charge in [-0.2, -0.15) is 0 Å². The van der Waals surface area contributed by atoms with Crippen molar-refractivity contribution in [1.82, 2.24) is 9.55 Å². The molecule has 2 aromatic rings. The smallest absolute Gasteiger partial charge is 0.287 e. The highest BCUT2D eigenvalue weighted by Gasteiger charge is 2.17. The third-order valence-electron chi connectivity index (χ3n) is 2.48. The first-order valence-corrected chi connectivity index (χ1v) is 5.31. The number of carbonyl (C=O) groups is 1. The van der Waals surface area contributed by atoms with Gasteiger partial charge in [0.1, 0.15) is 11.5 Å². The van der Waals surface area contributed by atoms with Crippen LogP contribution in [0.25, 0.3) is 0 Å². The summed E-state index contributed by atoms with van der Waals surface area (Å²) in [6.45, 7) is 0. The number of aryl methyl sites for hydroxylation is 1. The standard InChI is InChI=1S/C11H11N5O3/c1-15-6-8(16(18)19)4-9(15)11(17)14-7-2-3-10(12)13-5-7/h2-6H,1H3,(H2,12,13)(H,14,17). The van der Waals surface area contributed by atoms with Crippen LogP contribution >= 0.6 is 0 Å². The normalized spacial score (nSPS) is 10.2. The van der Waals surface area contributed by atoms with E-state index < -0.39 is 10.8 Å². The van der Waals surface area contributed by atoms with Crippen molar-refractivity contribution >= 4 is 23.1 Å². The quantitative estimate of drug-likeness (QED) is 0.635. The number of aromatic nitrogens is 2. The van der Waals surface area contributed by atoms with Crippen molar-refractivity contribution in [1.29, 1.82) is 0 Å². The maximum Gasteiger partial charge on any atom is 0.287 e. The summed E-state index contributed by atoms with van der Waals surface area (Å²) >= 11 is 0. The zero-order valence-electron chi connectivity index (χ0n) is 10.0. The zero-order chi connectivity index (χ0) is 14.0. The zero-order valence-corrected chi connectivity index (χ0v) is 10.0. The summed E-state index contributed by atoms with van der Waals surface area (Å²) in [5, 5.41) is 13.2. The Balaban J connectivity index is 2.20. The molecule has 0 aromatic carbocycles. The molecule has 0 atom stereocenters. The fourth-order valence-corrected chi connectivity index (χ4v) is 1.55. The van der Waals surface area contributed by atoms with E-state index in [9.17, 15) is 14.9 Å². The summed E-state index contributed by atoms with van der Waals surface area (Å²) in [6, 6.07) is 4.35. The minimum absolute atomic E-state index is 0.136. The number of nitrogens with zero attached hydrogens (tertiary/aromatic N) is 3. The third-order valence-corrected chi connectivity index (χ3v) is 2.48. The Morgan fingerprint density at radius 2 is 2.26 bits per heavy atom. The molecule has 19 heavy (non-hydrogen) atoms. The van der Waals surface area contributed by atoms with Gasteiger partial charge in [0, 0.05) is 13.1 Å². The molecule has 1 amide bonds. The fourth-order valence-electron chi connectivity index (χ4n) is 1.55. The topological polar surface area (TPSA) is 116 Å². The van der Waals surface area contributed by atoms with Gasteiger partial charge in [0.25, 0.3) is 11.6 Å². The number of hydrogen-bond acceptors (Lipinski definition) is 5. The van der Waals surface area contributed by atoms with Gasteiger partial charge in [0.2, 0.25) is 0 Å². The van der Waals surface area contributed by atoms with E-state index in [1.54, 1.807) is 19.2 Å². The summed E-state index contributed by atoms with van der Waals surface area (Å²) in [6.07, 6.45) is 2.68. The van der Waals surface area contributed by atoms with Crippen molar-refractivity contribution in [2.45, 2.75) is 0 Å². The van der Waals surface area contributed by atoms with Gasteiger partial charge in [-0.1, -0.05) is 0 Å². The van der Waals surface area contributed by atoms with Crippen molar-refractivity contribution in [3.63, 3.8) is 0 Å². The van der Waals surface area contributed by atoms with Gasteiger partial charge in [-0.05, 0) is 12.1 Å². The van der Waals surface area contributed by atoms with Gasteiger partial charge in [-0.25, -0.2) is 4.98 Å². The number of rotatable bonds is 3. The molecule has 0 saturated heterocycles. The molecule has 0 unspecified atom stereocenters. The highest BCUT2D eigenvalue weighted by Crippen LogP contribution is 2.16. The molecular weight excluding hydrogens is 250 g/mol. The van der Waals surface area contributed by atoms with Gasteiger partial charge in [-0.15, -0.1) is 0 Å². The van der Waals surface area contributed by atoms with E-state index in [0.717, 1.165) is 0 Å². The second kappa shape index (κ2) is 4.77. The Morgan fingerprint density at radius 3 is 2.79 bits per heavy atom. The maximum atomic E-state index is 11.9.